The van der Waals surface area contributed by atoms with Crippen LogP contribution in [-0.2, 0) is 6.54 Å². The van der Waals surface area contributed by atoms with Gasteiger partial charge in [0, 0.05) is 12.7 Å². The Bertz CT molecular complexity index is 258. The summed E-state index contributed by atoms with van der Waals surface area (Å²) in [6.07, 6.45) is 4.17. The lowest BCUT2D eigenvalue weighted by molar-refractivity contribution is 0.585. The lowest BCUT2D eigenvalue weighted by atomic mass is 10.4. The second-order valence-electron chi connectivity index (χ2n) is 2.25. The normalized spacial score (nSPS) is 9.45. The van der Waals surface area contributed by atoms with E-state index >= 15 is 0 Å². The van der Waals surface area contributed by atoms with Crippen LogP contribution in [0.15, 0.2) is 12.4 Å². The van der Waals surface area contributed by atoms with Crippen molar-refractivity contribution < 1.29 is 0 Å². The maximum Gasteiger partial charge on any atom is 0.102 e. The Hall–Kier alpha value is -1.34. The predicted octanol–water partition coefficient (Wildman–Crippen LogP) is 0.104. The summed E-state index contributed by atoms with van der Waals surface area (Å²) in [5, 5.41) is 12.4. The molecule has 11 heavy (non-hydrogen) atoms. The van der Waals surface area contributed by atoms with Crippen LogP contribution in [-0.4, -0.2) is 16.3 Å². The SMILES string of the molecule is N#Cc1cnn(CCCN)c1. The van der Waals surface area contributed by atoms with Crippen LogP contribution >= 0.6 is 0 Å². The number of nitriles is 1. The molecule has 0 aliphatic rings. The summed E-state index contributed by atoms with van der Waals surface area (Å²) in [7, 11) is 0. The van der Waals surface area contributed by atoms with Crippen LogP contribution in [0.25, 0.3) is 0 Å². The Kier molecular flexibility index (Phi) is 2.64. The van der Waals surface area contributed by atoms with E-state index in [2.05, 4.69) is 5.10 Å². The number of hydrogen-bond acceptors (Lipinski definition) is 3. The molecule has 0 saturated carbocycles. The molecule has 0 spiro atoms. The van der Waals surface area contributed by atoms with Crippen molar-refractivity contribution in [2.24, 2.45) is 5.73 Å². The fraction of sp³-hybridized carbons (Fsp3) is 0.429. The topological polar surface area (TPSA) is 67.6 Å². The molecule has 1 heterocycles. The maximum absolute atomic E-state index is 8.45. The zero-order valence-electron chi connectivity index (χ0n) is 6.20. The molecule has 58 valence electrons. The number of nitrogens with zero attached hydrogens (tertiary/aromatic N) is 3. The van der Waals surface area contributed by atoms with Gasteiger partial charge in [0.1, 0.15) is 6.07 Å². The van der Waals surface area contributed by atoms with E-state index in [0.29, 0.717) is 12.1 Å². The fourth-order valence-corrected chi connectivity index (χ4v) is 0.797. The molecule has 0 radical (unpaired) electrons. The summed E-state index contributed by atoms with van der Waals surface area (Å²) in [4.78, 5) is 0. The second-order valence-corrected chi connectivity index (χ2v) is 2.25. The summed E-state index contributed by atoms with van der Waals surface area (Å²) >= 11 is 0. The van der Waals surface area contributed by atoms with Crippen LogP contribution in [0.4, 0.5) is 0 Å². The van der Waals surface area contributed by atoms with Crippen molar-refractivity contribution in [2.45, 2.75) is 13.0 Å². The molecule has 4 nitrogen and oxygen atoms in total. The van der Waals surface area contributed by atoms with E-state index in [1.165, 1.54) is 0 Å². The number of aromatic nitrogens is 2. The molecular formula is C7H10N4. The van der Waals surface area contributed by atoms with Crippen LogP contribution in [0.2, 0.25) is 0 Å². The first kappa shape index (κ1) is 7.76. The highest BCUT2D eigenvalue weighted by Gasteiger charge is 1.94. The first-order valence-electron chi connectivity index (χ1n) is 3.49. The Morgan fingerprint density at radius 1 is 1.73 bits per heavy atom. The summed E-state index contributed by atoms with van der Waals surface area (Å²) in [5.41, 5.74) is 5.91. The molecule has 0 bridgehead atoms. The van der Waals surface area contributed by atoms with Crippen molar-refractivity contribution in [3.63, 3.8) is 0 Å². The third kappa shape index (κ3) is 2.06. The van der Waals surface area contributed by atoms with E-state index in [4.69, 9.17) is 11.0 Å². The van der Waals surface area contributed by atoms with Crippen molar-refractivity contribution in [2.75, 3.05) is 6.54 Å². The zero-order chi connectivity index (χ0) is 8.10. The Balaban J connectivity index is 2.53. The first-order chi connectivity index (χ1) is 5.36. The molecule has 0 fully saturated rings. The number of rotatable bonds is 3. The molecule has 0 saturated heterocycles. The zero-order valence-corrected chi connectivity index (χ0v) is 6.20. The summed E-state index contributed by atoms with van der Waals surface area (Å²) in [6, 6.07) is 2.01. The number of hydrogen-bond donors (Lipinski definition) is 1. The van der Waals surface area contributed by atoms with Gasteiger partial charge in [-0.25, -0.2) is 0 Å². The van der Waals surface area contributed by atoms with Gasteiger partial charge in [-0.1, -0.05) is 0 Å². The van der Waals surface area contributed by atoms with E-state index in [9.17, 15) is 0 Å². The standard InChI is InChI=1S/C7H10N4/c8-2-1-3-11-6-7(4-9)5-10-11/h5-6H,1-3,8H2. The molecular weight excluding hydrogens is 140 g/mol. The molecule has 1 aromatic heterocycles. The smallest absolute Gasteiger partial charge is 0.102 e. The fourth-order valence-electron chi connectivity index (χ4n) is 0.797. The van der Waals surface area contributed by atoms with Gasteiger partial charge in [0.2, 0.25) is 0 Å². The van der Waals surface area contributed by atoms with Crippen LogP contribution in [0.3, 0.4) is 0 Å². The van der Waals surface area contributed by atoms with Crippen LogP contribution < -0.4 is 5.73 Å². The molecule has 4 heteroatoms. The third-order valence-corrected chi connectivity index (χ3v) is 1.35. The number of nitrogens with two attached hydrogens (primary N) is 1. The van der Waals surface area contributed by atoms with Crippen LogP contribution in [0, 0.1) is 11.3 Å². The average molecular weight is 150 g/mol. The predicted molar refractivity (Wildman–Crippen MR) is 40.6 cm³/mol. The molecule has 0 aromatic carbocycles. The van der Waals surface area contributed by atoms with Gasteiger partial charge in [0.05, 0.1) is 11.8 Å². The van der Waals surface area contributed by atoms with Crippen molar-refractivity contribution in [1.29, 1.82) is 5.26 Å². The molecule has 1 rings (SSSR count). The van der Waals surface area contributed by atoms with Gasteiger partial charge in [0.15, 0.2) is 0 Å². The Labute approximate surface area is 65.2 Å². The molecule has 0 aliphatic heterocycles. The van der Waals surface area contributed by atoms with E-state index in [0.717, 1.165) is 13.0 Å². The lowest BCUT2D eigenvalue weighted by Gasteiger charge is -1.96. The minimum absolute atomic E-state index is 0.599. The van der Waals surface area contributed by atoms with Crippen molar-refractivity contribution >= 4 is 0 Å². The minimum Gasteiger partial charge on any atom is -0.330 e. The van der Waals surface area contributed by atoms with Crippen molar-refractivity contribution in [3.8, 4) is 6.07 Å². The molecule has 2 N–H and O–H groups in total. The highest BCUT2D eigenvalue weighted by Crippen LogP contribution is 1.95. The molecule has 0 amide bonds. The first-order valence-corrected chi connectivity index (χ1v) is 3.49. The van der Waals surface area contributed by atoms with Gasteiger partial charge in [-0.2, -0.15) is 10.4 Å². The third-order valence-electron chi connectivity index (χ3n) is 1.35. The Morgan fingerprint density at radius 2 is 2.55 bits per heavy atom. The van der Waals surface area contributed by atoms with Gasteiger partial charge in [-0.15, -0.1) is 0 Å². The van der Waals surface area contributed by atoms with Crippen molar-refractivity contribution in [3.05, 3.63) is 18.0 Å². The quantitative estimate of drug-likeness (QED) is 0.664. The average Bonchev–Trinajstić information content (AvgIpc) is 2.48. The van der Waals surface area contributed by atoms with Gasteiger partial charge in [0.25, 0.3) is 0 Å². The van der Waals surface area contributed by atoms with E-state index in [1.807, 2.05) is 6.07 Å². The monoisotopic (exact) mass is 150 g/mol. The van der Waals surface area contributed by atoms with Gasteiger partial charge < -0.3 is 5.73 Å². The Morgan fingerprint density at radius 3 is 3.09 bits per heavy atom. The molecule has 0 unspecified atom stereocenters. The van der Waals surface area contributed by atoms with Gasteiger partial charge >= 0.3 is 0 Å². The summed E-state index contributed by atoms with van der Waals surface area (Å²) in [6.45, 7) is 1.44. The lowest BCUT2D eigenvalue weighted by Crippen LogP contribution is -2.05. The molecule has 1 aromatic rings. The van der Waals surface area contributed by atoms with E-state index in [1.54, 1.807) is 17.1 Å². The van der Waals surface area contributed by atoms with E-state index < -0.39 is 0 Å². The molecule has 0 aliphatic carbocycles. The van der Waals surface area contributed by atoms with Crippen LogP contribution in [0.1, 0.15) is 12.0 Å². The van der Waals surface area contributed by atoms with E-state index in [-0.39, 0.29) is 0 Å². The largest absolute Gasteiger partial charge is 0.330 e. The highest BCUT2D eigenvalue weighted by molar-refractivity contribution is 5.21. The summed E-state index contributed by atoms with van der Waals surface area (Å²) in [5.74, 6) is 0. The van der Waals surface area contributed by atoms with Gasteiger partial charge in [-0.3, -0.25) is 4.68 Å². The van der Waals surface area contributed by atoms with Crippen molar-refractivity contribution in [1.82, 2.24) is 9.78 Å². The highest BCUT2D eigenvalue weighted by atomic mass is 15.3. The molecule has 0 atom stereocenters. The minimum atomic E-state index is 0.599. The maximum atomic E-state index is 8.45. The van der Waals surface area contributed by atoms with Gasteiger partial charge in [-0.05, 0) is 13.0 Å². The number of aryl methyl sites for hydroxylation is 1. The summed E-state index contributed by atoms with van der Waals surface area (Å²) < 4.78 is 1.73. The van der Waals surface area contributed by atoms with Crippen LogP contribution in [0.5, 0.6) is 0 Å². The second kappa shape index (κ2) is 3.74.